The molecule has 1 atom stereocenters. The number of rotatable bonds is 8. The zero-order chi connectivity index (χ0) is 15.2. The average molecular weight is 294 g/mol. The van der Waals surface area contributed by atoms with Crippen LogP contribution in [0.4, 0.5) is 0 Å². The van der Waals surface area contributed by atoms with Gasteiger partial charge in [-0.2, -0.15) is 0 Å². The third-order valence-corrected chi connectivity index (χ3v) is 4.18. The Balaban J connectivity index is 2.01. The highest BCUT2D eigenvalue weighted by Crippen LogP contribution is 2.39. The van der Waals surface area contributed by atoms with Gasteiger partial charge >= 0.3 is 0 Å². The molecule has 1 aliphatic rings. The van der Waals surface area contributed by atoms with Crippen LogP contribution in [0.1, 0.15) is 37.8 Å². The van der Waals surface area contributed by atoms with Crippen molar-refractivity contribution in [1.29, 1.82) is 0 Å². The second-order valence-corrected chi connectivity index (χ2v) is 5.48. The molecule has 0 saturated heterocycles. The van der Waals surface area contributed by atoms with E-state index in [0.29, 0.717) is 12.0 Å². The minimum atomic E-state index is 0.0819. The zero-order valence-electron chi connectivity index (χ0n) is 13.1. The summed E-state index contributed by atoms with van der Waals surface area (Å²) in [6, 6.07) is 5.93. The van der Waals surface area contributed by atoms with Gasteiger partial charge in [-0.3, -0.25) is 11.3 Å². The average Bonchev–Trinajstić information content (AvgIpc) is 2.49. The van der Waals surface area contributed by atoms with E-state index in [-0.39, 0.29) is 6.04 Å². The number of hydrogen-bond acceptors (Lipinski definition) is 5. The first-order valence-corrected chi connectivity index (χ1v) is 7.51. The summed E-state index contributed by atoms with van der Waals surface area (Å²) >= 11 is 0. The Morgan fingerprint density at radius 2 is 2.05 bits per heavy atom. The van der Waals surface area contributed by atoms with E-state index in [1.807, 2.05) is 25.1 Å². The lowest BCUT2D eigenvalue weighted by atomic mass is 9.77. The molecule has 1 fully saturated rings. The highest BCUT2D eigenvalue weighted by atomic mass is 16.5. The first kappa shape index (κ1) is 16.1. The monoisotopic (exact) mass is 294 g/mol. The molecule has 5 heteroatoms. The van der Waals surface area contributed by atoms with Crippen LogP contribution in [-0.2, 0) is 4.74 Å². The summed E-state index contributed by atoms with van der Waals surface area (Å²) in [5.41, 5.74) is 3.98. The van der Waals surface area contributed by atoms with Gasteiger partial charge in [-0.25, -0.2) is 0 Å². The third kappa shape index (κ3) is 3.87. The van der Waals surface area contributed by atoms with Crippen LogP contribution in [0.2, 0.25) is 0 Å². The van der Waals surface area contributed by atoms with Gasteiger partial charge in [-0.05, 0) is 38.2 Å². The molecule has 0 spiro atoms. The molecule has 5 nitrogen and oxygen atoms in total. The molecule has 21 heavy (non-hydrogen) atoms. The molecular formula is C16H26N2O3. The Hall–Kier alpha value is -1.30. The second kappa shape index (κ2) is 7.64. The summed E-state index contributed by atoms with van der Waals surface area (Å²) in [7, 11) is 3.32. The first-order valence-electron chi connectivity index (χ1n) is 7.51. The standard InChI is InChI=1S/C16H26N2O3/c1-4-21-13-7-11(8-13)9-15(18-17)14-6-5-12(19-2)10-16(14)20-3/h5-6,10-11,13,15,18H,4,7-9,17H2,1-3H3. The van der Waals surface area contributed by atoms with E-state index in [9.17, 15) is 0 Å². The summed E-state index contributed by atoms with van der Waals surface area (Å²) in [6.45, 7) is 2.84. The van der Waals surface area contributed by atoms with E-state index in [2.05, 4.69) is 5.43 Å². The maximum atomic E-state index is 5.75. The van der Waals surface area contributed by atoms with Crippen molar-refractivity contribution in [3.05, 3.63) is 23.8 Å². The van der Waals surface area contributed by atoms with Crippen LogP contribution in [0, 0.1) is 5.92 Å². The lowest BCUT2D eigenvalue weighted by Gasteiger charge is -2.37. The molecule has 1 aliphatic carbocycles. The number of nitrogens with one attached hydrogen (secondary N) is 1. The fourth-order valence-corrected chi connectivity index (χ4v) is 2.96. The normalized spacial score (nSPS) is 22.5. The molecule has 118 valence electrons. The minimum Gasteiger partial charge on any atom is -0.497 e. The van der Waals surface area contributed by atoms with Crippen molar-refractivity contribution < 1.29 is 14.2 Å². The largest absolute Gasteiger partial charge is 0.497 e. The summed E-state index contributed by atoms with van der Waals surface area (Å²) in [6.07, 6.45) is 3.65. The lowest BCUT2D eigenvalue weighted by Crippen LogP contribution is -2.36. The molecule has 0 bridgehead atoms. The Bertz CT molecular complexity index is 447. The van der Waals surface area contributed by atoms with E-state index < -0.39 is 0 Å². The van der Waals surface area contributed by atoms with Gasteiger partial charge in [0.25, 0.3) is 0 Å². The van der Waals surface area contributed by atoms with E-state index in [1.165, 1.54) is 0 Å². The van der Waals surface area contributed by atoms with Crippen LogP contribution in [-0.4, -0.2) is 26.9 Å². The van der Waals surface area contributed by atoms with Gasteiger partial charge in [0.15, 0.2) is 0 Å². The minimum absolute atomic E-state index is 0.0819. The maximum absolute atomic E-state index is 5.75. The fourth-order valence-electron chi connectivity index (χ4n) is 2.96. The van der Waals surface area contributed by atoms with E-state index in [4.69, 9.17) is 20.1 Å². The number of hydrazine groups is 1. The van der Waals surface area contributed by atoms with Gasteiger partial charge in [0.2, 0.25) is 0 Å². The molecule has 2 rings (SSSR count). The predicted octanol–water partition coefficient (Wildman–Crippen LogP) is 2.41. The van der Waals surface area contributed by atoms with Gasteiger partial charge in [-0.15, -0.1) is 0 Å². The van der Waals surface area contributed by atoms with Gasteiger partial charge in [0.05, 0.1) is 20.3 Å². The summed E-state index contributed by atoms with van der Waals surface area (Å²) in [5.74, 6) is 7.99. The van der Waals surface area contributed by atoms with Crippen molar-refractivity contribution in [1.82, 2.24) is 5.43 Å². The third-order valence-electron chi connectivity index (χ3n) is 4.18. The summed E-state index contributed by atoms with van der Waals surface area (Å²) in [4.78, 5) is 0. The molecule has 0 heterocycles. The van der Waals surface area contributed by atoms with Crippen molar-refractivity contribution in [2.45, 2.75) is 38.3 Å². The topological polar surface area (TPSA) is 65.7 Å². The van der Waals surface area contributed by atoms with Gasteiger partial charge in [0.1, 0.15) is 11.5 Å². The lowest BCUT2D eigenvalue weighted by molar-refractivity contribution is -0.0292. The van der Waals surface area contributed by atoms with E-state index >= 15 is 0 Å². The quantitative estimate of drug-likeness (QED) is 0.569. The highest BCUT2D eigenvalue weighted by Gasteiger charge is 2.32. The van der Waals surface area contributed by atoms with Crippen LogP contribution in [0.5, 0.6) is 11.5 Å². The van der Waals surface area contributed by atoms with Crippen LogP contribution in [0.25, 0.3) is 0 Å². The van der Waals surface area contributed by atoms with Crippen molar-refractivity contribution in [2.75, 3.05) is 20.8 Å². The Labute approximate surface area is 126 Å². The van der Waals surface area contributed by atoms with Crippen LogP contribution in [0.15, 0.2) is 18.2 Å². The smallest absolute Gasteiger partial charge is 0.127 e. The van der Waals surface area contributed by atoms with Gasteiger partial charge < -0.3 is 14.2 Å². The predicted molar refractivity (Wildman–Crippen MR) is 82.4 cm³/mol. The SMILES string of the molecule is CCOC1CC(CC(NN)c2ccc(OC)cc2OC)C1. The molecule has 1 saturated carbocycles. The molecule has 0 aliphatic heterocycles. The first-order chi connectivity index (χ1) is 10.2. The molecule has 1 aromatic carbocycles. The number of ether oxygens (including phenoxy) is 3. The van der Waals surface area contributed by atoms with Gasteiger partial charge in [0, 0.05) is 24.3 Å². The number of methoxy groups -OCH3 is 2. The zero-order valence-corrected chi connectivity index (χ0v) is 13.1. The molecule has 0 radical (unpaired) electrons. The Kier molecular flexibility index (Phi) is 5.85. The molecule has 0 amide bonds. The van der Waals surface area contributed by atoms with E-state index in [0.717, 1.165) is 42.9 Å². The van der Waals surface area contributed by atoms with Crippen molar-refractivity contribution in [3.63, 3.8) is 0 Å². The van der Waals surface area contributed by atoms with Crippen molar-refractivity contribution in [3.8, 4) is 11.5 Å². The molecule has 1 unspecified atom stereocenters. The van der Waals surface area contributed by atoms with Crippen LogP contribution >= 0.6 is 0 Å². The second-order valence-electron chi connectivity index (χ2n) is 5.48. The number of nitrogens with two attached hydrogens (primary N) is 1. The molecule has 3 N–H and O–H groups in total. The van der Waals surface area contributed by atoms with Crippen LogP contribution < -0.4 is 20.7 Å². The molecule has 0 aromatic heterocycles. The highest BCUT2D eigenvalue weighted by molar-refractivity contribution is 5.42. The van der Waals surface area contributed by atoms with Gasteiger partial charge in [-0.1, -0.05) is 6.07 Å². The van der Waals surface area contributed by atoms with Crippen molar-refractivity contribution in [2.24, 2.45) is 11.8 Å². The molecular weight excluding hydrogens is 268 g/mol. The van der Waals surface area contributed by atoms with Crippen molar-refractivity contribution >= 4 is 0 Å². The number of hydrogen-bond donors (Lipinski definition) is 2. The Morgan fingerprint density at radius 1 is 1.29 bits per heavy atom. The number of benzene rings is 1. The van der Waals surface area contributed by atoms with E-state index in [1.54, 1.807) is 14.2 Å². The summed E-state index contributed by atoms with van der Waals surface area (Å²) in [5, 5.41) is 0. The summed E-state index contributed by atoms with van der Waals surface area (Å²) < 4.78 is 16.3. The molecule has 1 aromatic rings. The van der Waals surface area contributed by atoms with Crippen LogP contribution in [0.3, 0.4) is 0 Å². The Morgan fingerprint density at radius 3 is 2.62 bits per heavy atom. The maximum Gasteiger partial charge on any atom is 0.127 e. The fraction of sp³-hybridized carbons (Fsp3) is 0.625.